The van der Waals surface area contributed by atoms with Crippen molar-refractivity contribution in [1.82, 2.24) is 4.98 Å². The summed E-state index contributed by atoms with van der Waals surface area (Å²) in [5.74, 6) is 0. The summed E-state index contributed by atoms with van der Waals surface area (Å²) in [4.78, 5) is 5.24. The van der Waals surface area contributed by atoms with E-state index in [1.807, 2.05) is 36.6 Å². The van der Waals surface area contributed by atoms with Crippen LogP contribution in [0.2, 0.25) is 0 Å². The molecule has 0 spiro atoms. The van der Waals surface area contributed by atoms with Crippen LogP contribution in [0.1, 0.15) is 17.5 Å². The molecule has 0 aliphatic heterocycles. The molecule has 84 valence electrons. The second-order valence-electron chi connectivity index (χ2n) is 3.90. The van der Waals surface area contributed by atoms with E-state index in [2.05, 4.69) is 20.9 Å². The van der Waals surface area contributed by atoms with E-state index in [1.165, 1.54) is 0 Å². The summed E-state index contributed by atoms with van der Waals surface area (Å²) < 4.78 is 0.951. The third kappa shape index (κ3) is 2.70. The van der Waals surface area contributed by atoms with Crippen LogP contribution in [0.3, 0.4) is 0 Å². The van der Waals surface area contributed by atoms with Crippen molar-refractivity contribution in [2.24, 2.45) is 0 Å². The zero-order valence-electron chi connectivity index (χ0n) is 8.85. The molecular weight excluding hydrogens is 286 g/mol. The molecule has 0 aromatic carbocycles. The Balaban J connectivity index is 2.18. The Kier molecular flexibility index (Phi) is 3.42. The number of hydrogen-bond donors (Lipinski definition) is 1. The van der Waals surface area contributed by atoms with Crippen molar-refractivity contribution < 1.29 is 5.11 Å². The monoisotopic (exact) mass is 297 g/mol. The molecule has 0 fully saturated rings. The third-order valence-electron chi connectivity index (χ3n) is 2.37. The normalized spacial score (nSPS) is 14.7. The third-order valence-corrected chi connectivity index (χ3v) is 3.96. The Bertz CT molecular complexity index is 450. The van der Waals surface area contributed by atoms with Gasteiger partial charge in [-0.3, -0.25) is 4.98 Å². The average molecular weight is 298 g/mol. The van der Waals surface area contributed by atoms with Crippen LogP contribution in [0.5, 0.6) is 0 Å². The zero-order chi connectivity index (χ0) is 11.6. The Morgan fingerprint density at radius 2 is 2.25 bits per heavy atom. The molecule has 0 saturated heterocycles. The first-order valence-corrected chi connectivity index (χ1v) is 6.62. The van der Waals surface area contributed by atoms with Crippen LogP contribution in [0.15, 0.2) is 40.3 Å². The van der Waals surface area contributed by atoms with E-state index in [0.29, 0.717) is 6.42 Å². The van der Waals surface area contributed by atoms with Crippen molar-refractivity contribution in [2.45, 2.75) is 18.9 Å². The van der Waals surface area contributed by atoms with E-state index in [1.54, 1.807) is 17.5 Å². The second kappa shape index (κ2) is 4.65. The molecule has 0 bridgehead atoms. The van der Waals surface area contributed by atoms with Gasteiger partial charge in [0.15, 0.2) is 0 Å². The maximum atomic E-state index is 10.4. The van der Waals surface area contributed by atoms with Crippen LogP contribution in [-0.2, 0) is 12.0 Å². The molecule has 2 aromatic heterocycles. The van der Waals surface area contributed by atoms with Gasteiger partial charge >= 0.3 is 0 Å². The van der Waals surface area contributed by atoms with Crippen molar-refractivity contribution in [1.29, 1.82) is 0 Å². The van der Waals surface area contributed by atoms with E-state index in [4.69, 9.17) is 0 Å². The number of pyridine rings is 1. The van der Waals surface area contributed by atoms with Gasteiger partial charge in [0.1, 0.15) is 5.60 Å². The number of rotatable bonds is 3. The van der Waals surface area contributed by atoms with Gasteiger partial charge in [-0.1, -0.05) is 6.07 Å². The molecule has 1 atom stereocenters. The maximum Gasteiger partial charge on any atom is 0.101 e. The lowest BCUT2D eigenvalue weighted by molar-refractivity contribution is 0.0604. The van der Waals surface area contributed by atoms with E-state index in [0.717, 1.165) is 15.0 Å². The second-order valence-corrected chi connectivity index (χ2v) is 5.76. The van der Waals surface area contributed by atoms with Crippen molar-refractivity contribution in [3.05, 3.63) is 50.9 Å². The molecule has 1 unspecified atom stereocenters. The minimum atomic E-state index is -0.838. The van der Waals surface area contributed by atoms with Crippen LogP contribution in [-0.4, -0.2) is 10.1 Å². The summed E-state index contributed by atoms with van der Waals surface area (Å²) in [7, 11) is 0. The molecule has 16 heavy (non-hydrogen) atoms. The lowest BCUT2D eigenvalue weighted by atomic mass is 9.98. The maximum absolute atomic E-state index is 10.4. The summed E-state index contributed by atoms with van der Waals surface area (Å²) in [5, 5.41) is 12.3. The Morgan fingerprint density at radius 3 is 2.81 bits per heavy atom. The first-order valence-electron chi connectivity index (χ1n) is 4.95. The molecule has 0 radical (unpaired) electrons. The molecule has 0 aliphatic rings. The molecule has 0 aliphatic carbocycles. The number of aliphatic hydroxyl groups is 1. The highest BCUT2D eigenvalue weighted by Gasteiger charge is 2.25. The van der Waals surface area contributed by atoms with Crippen molar-refractivity contribution in [2.75, 3.05) is 0 Å². The molecule has 2 heterocycles. The van der Waals surface area contributed by atoms with Gasteiger partial charge in [0.2, 0.25) is 0 Å². The van der Waals surface area contributed by atoms with Crippen molar-refractivity contribution >= 4 is 27.3 Å². The highest BCUT2D eigenvalue weighted by atomic mass is 79.9. The van der Waals surface area contributed by atoms with Crippen LogP contribution in [0, 0.1) is 0 Å². The summed E-state index contributed by atoms with van der Waals surface area (Å²) in [6.07, 6.45) is 2.28. The van der Waals surface area contributed by atoms with Gasteiger partial charge in [0, 0.05) is 27.7 Å². The standard InChI is InChI=1S/C12H12BrNOS/c1-12(15,11-3-2-6-16-11)7-10-5-4-9(13)8-14-10/h2-6,8,15H,7H2,1H3. The fraction of sp³-hybridized carbons (Fsp3) is 0.250. The fourth-order valence-electron chi connectivity index (χ4n) is 1.54. The van der Waals surface area contributed by atoms with Gasteiger partial charge < -0.3 is 5.11 Å². The van der Waals surface area contributed by atoms with E-state index in [9.17, 15) is 5.11 Å². The summed E-state index contributed by atoms with van der Waals surface area (Å²) >= 11 is 4.91. The Morgan fingerprint density at radius 1 is 1.44 bits per heavy atom. The average Bonchev–Trinajstić information content (AvgIpc) is 2.75. The molecule has 2 rings (SSSR count). The topological polar surface area (TPSA) is 33.1 Å². The quantitative estimate of drug-likeness (QED) is 0.942. The number of thiophene rings is 1. The van der Waals surface area contributed by atoms with Gasteiger partial charge in [-0.15, -0.1) is 11.3 Å². The highest BCUT2D eigenvalue weighted by Crippen LogP contribution is 2.28. The number of hydrogen-bond acceptors (Lipinski definition) is 3. The number of aromatic nitrogens is 1. The molecule has 0 saturated carbocycles. The lowest BCUT2D eigenvalue weighted by Gasteiger charge is -2.21. The predicted octanol–water partition coefficient (Wildman–Crippen LogP) is 3.36. The number of halogens is 1. The Hall–Kier alpha value is -0.710. The first-order chi connectivity index (χ1) is 7.58. The lowest BCUT2D eigenvalue weighted by Crippen LogP contribution is -2.23. The van der Waals surface area contributed by atoms with E-state index in [-0.39, 0.29) is 0 Å². The Labute approximate surface area is 107 Å². The molecule has 2 nitrogen and oxygen atoms in total. The predicted molar refractivity (Wildman–Crippen MR) is 69.5 cm³/mol. The first kappa shape index (κ1) is 11.8. The smallest absolute Gasteiger partial charge is 0.101 e. The molecule has 1 N–H and O–H groups in total. The minimum absolute atomic E-state index is 0.529. The van der Waals surface area contributed by atoms with Crippen molar-refractivity contribution in [3.63, 3.8) is 0 Å². The van der Waals surface area contributed by atoms with Gasteiger partial charge in [0.25, 0.3) is 0 Å². The molecule has 0 amide bonds. The fourth-order valence-corrected chi connectivity index (χ4v) is 2.56. The molecular formula is C12H12BrNOS. The van der Waals surface area contributed by atoms with Crippen LogP contribution >= 0.6 is 27.3 Å². The summed E-state index contributed by atoms with van der Waals surface area (Å²) in [6, 6.07) is 7.76. The highest BCUT2D eigenvalue weighted by molar-refractivity contribution is 9.10. The van der Waals surface area contributed by atoms with Crippen LogP contribution < -0.4 is 0 Å². The van der Waals surface area contributed by atoms with E-state index < -0.39 is 5.60 Å². The molecule has 4 heteroatoms. The van der Waals surface area contributed by atoms with Crippen molar-refractivity contribution in [3.8, 4) is 0 Å². The van der Waals surface area contributed by atoms with Crippen LogP contribution in [0.4, 0.5) is 0 Å². The minimum Gasteiger partial charge on any atom is -0.384 e. The van der Waals surface area contributed by atoms with Crippen LogP contribution in [0.25, 0.3) is 0 Å². The van der Waals surface area contributed by atoms with Gasteiger partial charge in [0.05, 0.1) is 0 Å². The van der Waals surface area contributed by atoms with Gasteiger partial charge in [-0.25, -0.2) is 0 Å². The molecule has 2 aromatic rings. The number of nitrogens with zero attached hydrogens (tertiary/aromatic N) is 1. The summed E-state index contributed by atoms with van der Waals surface area (Å²) in [5.41, 5.74) is 0.0521. The van der Waals surface area contributed by atoms with E-state index >= 15 is 0 Å². The largest absolute Gasteiger partial charge is 0.384 e. The van der Waals surface area contributed by atoms with Gasteiger partial charge in [-0.05, 0) is 46.4 Å². The SMILES string of the molecule is CC(O)(Cc1ccc(Br)cn1)c1cccs1. The van der Waals surface area contributed by atoms with Gasteiger partial charge in [-0.2, -0.15) is 0 Å². The summed E-state index contributed by atoms with van der Waals surface area (Å²) in [6.45, 7) is 1.82. The zero-order valence-corrected chi connectivity index (χ0v) is 11.3.